The Labute approximate surface area is 167 Å². The van der Waals surface area contributed by atoms with Gasteiger partial charge in [-0.15, -0.1) is 11.3 Å². The van der Waals surface area contributed by atoms with Gasteiger partial charge in [-0.1, -0.05) is 6.07 Å². The predicted octanol–water partition coefficient (Wildman–Crippen LogP) is 4.85. The number of amides is 1. The zero-order chi connectivity index (χ0) is 19.7. The molecule has 0 bridgehead atoms. The number of benzene rings is 2. The van der Waals surface area contributed by atoms with Crippen molar-refractivity contribution in [2.24, 2.45) is 0 Å². The van der Waals surface area contributed by atoms with Crippen LogP contribution in [-0.4, -0.2) is 28.9 Å². The molecule has 2 heterocycles. The van der Waals surface area contributed by atoms with Gasteiger partial charge in [0.15, 0.2) is 0 Å². The van der Waals surface area contributed by atoms with E-state index >= 15 is 0 Å². The standard InChI is InChI=1S/C22H21FN2O2S/c1-3-27-19-9-6-15-10-11-25(13-17(15)12-19)22(26)20-14(2)24-21(28-20)16-4-7-18(23)8-5-16/h4-9,12H,3,10-11,13H2,1-2H3. The Kier molecular flexibility index (Phi) is 5.13. The summed E-state index contributed by atoms with van der Waals surface area (Å²) in [5, 5.41) is 0.733. The first-order valence-electron chi connectivity index (χ1n) is 9.32. The number of rotatable bonds is 4. The van der Waals surface area contributed by atoms with Crippen LogP contribution in [0.1, 0.15) is 33.4 Å². The van der Waals surface area contributed by atoms with E-state index in [9.17, 15) is 9.18 Å². The second-order valence-electron chi connectivity index (χ2n) is 6.78. The lowest BCUT2D eigenvalue weighted by atomic mass is 9.99. The molecule has 28 heavy (non-hydrogen) atoms. The van der Waals surface area contributed by atoms with Crippen LogP contribution < -0.4 is 4.74 Å². The van der Waals surface area contributed by atoms with Crippen LogP contribution in [0.15, 0.2) is 42.5 Å². The molecule has 144 valence electrons. The minimum Gasteiger partial charge on any atom is -0.494 e. The SMILES string of the molecule is CCOc1ccc2c(c1)CN(C(=O)c1sc(-c3ccc(F)cc3)nc1C)CC2. The number of ether oxygens (including phenoxy) is 1. The van der Waals surface area contributed by atoms with Crippen LogP contribution in [-0.2, 0) is 13.0 Å². The van der Waals surface area contributed by atoms with Gasteiger partial charge in [0.05, 0.1) is 12.3 Å². The molecule has 6 heteroatoms. The van der Waals surface area contributed by atoms with E-state index < -0.39 is 0 Å². The first-order chi connectivity index (χ1) is 13.5. The monoisotopic (exact) mass is 396 g/mol. The number of halogens is 1. The van der Waals surface area contributed by atoms with Crippen molar-refractivity contribution >= 4 is 17.2 Å². The van der Waals surface area contributed by atoms with Gasteiger partial charge in [-0.05, 0) is 67.8 Å². The molecule has 4 rings (SSSR count). The number of fused-ring (bicyclic) bond motifs is 1. The fraction of sp³-hybridized carbons (Fsp3) is 0.273. The van der Waals surface area contributed by atoms with Crippen LogP contribution in [0, 0.1) is 12.7 Å². The number of carbonyl (C=O) groups is 1. The molecule has 0 atom stereocenters. The van der Waals surface area contributed by atoms with Crippen molar-refractivity contribution in [2.45, 2.75) is 26.8 Å². The van der Waals surface area contributed by atoms with Crippen molar-refractivity contribution < 1.29 is 13.9 Å². The highest BCUT2D eigenvalue weighted by Crippen LogP contribution is 2.31. The van der Waals surface area contributed by atoms with Crippen LogP contribution in [0.5, 0.6) is 5.75 Å². The molecule has 0 saturated carbocycles. The molecule has 0 spiro atoms. The lowest BCUT2D eigenvalue weighted by Gasteiger charge is -2.29. The number of aryl methyl sites for hydroxylation is 1. The van der Waals surface area contributed by atoms with Crippen LogP contribution in [0.4, 0.5) is 4.39 Å². The van der Waals surface area contributed by atoms with E-state index in [1.807, 2.05) is 30.9 Å². The Bertz CT molecular complexity index is 1010. The van der Waals surface area contributed by atoms with Crippen molar-refractivity contribution in [1.29, 1.82) is 0 Å². The van der Waals surface area contributed by atoms with Gasteiger partial charge in [0.25, 0.3) is 5.91 Å². The third kappa shape index (κ3) is 3.64. The predicted molar refractivity (Wildman–Crippen MR) is 108 cm³/mol. The van der Waals surface area contributed by atoms with E-state index in [-0.39, 0.29) is 11.7 Å². The Balaban J connectivity index is 1.57. The minimum absolute atomic E-state index is 0.00387. The third-order valence-corrected chi connectivity index (χ3v) is 6.06. The summed E-state index contributed by atoms with van der Waals surface area (Å²) in [5.41, 5.74) is 3.93. The molecule has 4 nitrogen and oxygen atoms in total. The maximum absolute atomic E-state index is 13.2. The summed E-state index contributed by atoms with van der Waals surface area (Å²) in [6.07, 6.45) is 0.830. The van der Waals surface area contributed by atoms with Gasteiger partial charge >= 0.3 is 0 Å². The molecule has 3 aromatic rings. The molecular formula is C22H21FN2O2S. The van der Waals surface area contributed by atoms with Crippen molar-refractivity contribution in [3.05, 3.63) is 70.0 Å². The molecule has 1 amide bonds. The summed E-state index contributed by atoms with van der Waals surface area (Å²) in [7, 11) is 0. The number of thiazole rings is 1. The van der Waals surface area contributed by atoms with Crippen LogP contribution >= 0.6 is 11.3 Å². The zero-order valence-electron chi connectivity index (χ0n) is 15.9. The lowest BCUT2D eigenvalue weighted by Crippen LogP contribution is -2.35. The number of hydrogen-bond acceptors (Lipinski definition) is 4. The van der Waals surface area contributed by atoms with Crippen LogP contribution in [0.25, 0.3) is 10.6 Å². The molecule has 0 radical (unpaired) electrons. The third-order valence-electron chi connectivity index (χ3n) is 4.87. The number of nitrogens with zero attached hydrogens (tertiary/aromatic N) is 2. The Morgan fingerprint density at radius 3 is 2.75 bits per heavy atom. The smallest absolute Gasteiger partial charge is 0.266 e. The minimum atomic E-state index is -0.285. The Hall–Kier alpha value is -2.73. The number of carbonyl (C=O) groups excluding carboxylic acids is 1. The molecule has 2 aromatic carbocycles. The Morgan fingerprint density at radius 1 is 1.21 bits per heavy atom. The van der Waals surface area contributed by atoms with Gasteiger partial charge in [0, 0.05) is 18.7 Å². The first kappa shape index (κ1) is 18.6. The van der Waals surface area contributed by atoms with Gasteiger partial charge in [0.1, 0.15) is 21.5 Å². The van der Waals surface area contributed by atoms with E-state index in [1.54, 1.807) is 12.1 Å². The highest BCUT2D eigenvalue weighted by molar-refractivity contribution is 7.17. The molecular weight excluding hydrogens is 375 g/mol. The molecule has 1 aromatic heterocycles. The average Bonchev–Trinajstić information content (AvgIpc) is 3.09. The van der Waals surface area contributed by atoms with Crippen molar-refractivity contribution in [1.82, 2.24) is 9.88 Å². The zero-order valence-corrected chi connectivity index (χ0v) is 16.7. The number of aromatic nitrogens is 1. The van der Waals surface area contributed by atoms with E-state index in [4.69, 9.17) is 4.74 Å². The second-order valence-corrected chi connectivity index (χ2v) is 7.78. The van der Waals surface area contributed by atoms with E-state index in [0.29, 0.717) is 30.3 Å². The topological polar surface area (TPSA) is 42.4 Å². The van der Waals surface area contributed by atoms with Gasteiger partial charge in [-0.2, -0.15) is 0 Å². The highest BCUT2D eigenvalue weighted by atomic mass is 32.1. The lowest BCUT2D eigenvalue weighted by molar-refractivity contribution is 0.0738. The maximum Gasteiger partial charge on any atom is 0.266 e. The van der Waals surface area contributed by atoms with Crippen LogP contribution in [0.2, 0.25) is 0 Å². The van der Waals surface area contributed by atoms with Gasteiger partial charge in [-0.25, -0.2) is 9.37 Å². The molecule has 1 aliphatic rings. The van der Waals surface area contributed by atoms with Crippen molar-refractivity contribution in [3.8, 4) is 16.3 Å². The van der Waals surface area contributed by atoms with Crippen molar-refractivity contribution in [2.75, 3.05) is 13.2 Å². The maximum atomic E-state index is 13.2. The summed E-state index contributed by atoms with van der Waals surface area (Å²) in [5.74, 6) is 0.547. The quantitative estimate of drug-likeness (QED) is 0.633. The molecule has 0 saturated heterocycles. The number of hydrogen-bond donors (Lipinski definition) is 0. The van der Waals surface area contributed by atoms with Gasteiger partial charge in [0.2, 0.25) is 0 Å². The molecule has 0 fully saturated rings. The summed E-state index contributed by atoms with van der Waals surface area (Å²) >= 11 is 1.36. The molecule has 0 N–H and O–H groups in total. The largest absolute Gasteiger partial charge is 0.494 e. The van der Waals surface area contributed by atoms with Crippen LogP contribution in [0.3, 0.4) is 0 Å². The highest BCUT2D eigenvalue weighted by Gasteiger charge is 2.25. The van der Waals surface area contributed by atoms with Gasteiger partial charge in [-0.3, -0.25) is 4.79 Å². The first-order valence-corrected chi connectivity index (χ1v) is 10.1. The normalized spacial score (nSPS) is 13.3. The van der Waals surface area contributed by atoms with E-state index in [2.05, 4.69) is 11.1 Å². The summed E-state index contributed by atoms with van der Waals surface area (Å²) in [6, 6.07) is 12.3. The fourth-order valence-electron chi connectivity index (χ4n) is 3.42. The Morgan fingerprint density at radius 2 is 2.00 bits per heavy atom. The van der Waals surface area contributed by atoms with Crippen molar-refractivity contribution in [3.63, 3.8) is 0 Å². The van der Waals surface area contributed by atoms with Gasteiger partial charge < -0.3 is 9.64 Å². The average molecular weight is 396 g/mol. The molecule has 1 aliphatic heterocycles. The summed E-state index contributed by atoms with van der Waals surface area (Å²) < 4.78 is 18.8. The summed E-state index contributed by atoms with van der Waals surface area (Å²) in [6.45, 7) is 5.68. The molecule has 0 unspecified atom stereocenters. The van der Waals surface area contributed by atoms with E-state index in [0.717, 1.165) is 28.3 Å². The fourth-order valence-corrected chi connectivity index (χ4v) is 4.46. The summed E-state index contributed by atoms with van der Waals surface area (Å²) in [4.78, 5) is 20.2. The molecule has 0 aliphatic carbocycles. The van der Waals surface area contributed by atoms with E-state index in [1.165, 1.54) is 29.0 Å². The second kappa shape index (κ2) is 7.72.